The Morgan fingerprint density at radius 2 is 1.72 bits per heavy atom. The lowest BCUT2D eigenvalue weighted by Crippen LogP contribution is -2.22. The number of hydrogen-bond donors (Lipinski definition) is 0. The zero-order valence-corrected chi connectivity index (χ0v) is 18.8. The summed E-state index contributed by atoms with van der Waals surface area (Å²) in [6.07, 6.45) is 1.66. The standard InChI is InChI=1S/C23H29N3O2S/c1-22(2,3)17-11-9-16(10-12-17)20-24-25-21(29-15-19(27)23(4,5)6)26(20)14-18-8-7-13-28-18/h7-13H,14-15H2,1-6H3. The number of hydrogen-bond acceptors (Lipinski definition) is 5. The van der Waals surface area contributed by atoms with Gasteiger partial charge in [-0.1, -0.05) is 77.6 Å². The van der Waals surface area contributed by atoms with E-state index in [1.807, 2.05) is 37.5 Å². The number of aromatic nitrogens is 3. The Hall–Kier alpha value is -2.34. The van der Waals surface area contributed by atoms with Crippen molar-refractivity contribution in [2.24, 2.45) is 5.41 Å². The lowest BCUT2D eigenvalue weighted by atomic mass is 9.87. The van der Waals surface area contributed by atoms with Crippen LogP contribution < -0.4 is 0 Å². The SMILES string of the molecule is CC(C)(C)C(=O)CSc1nnc(-c2ccc(C(C)(C)C)cc2)n1Cc1ccco1. The second kappa shape index (κ2) is 8.19. The third kappa shape index (κ3) is 5.18. The van der Waals surface area contributed by atoms with Gasteiger partial charge in [-0.15, -0.1) is 10.2 Å². The van der Waals surface area contributed by atoms with Crippen molar-refractivity contribution in [1.82, 2.24) is 14.8 Å². The van der Waals surface area contributed by atoms with Gasteiger partial charge in [0.15, 0.2) is 11.0 Å². The number of furan rings is 1. The van der Waals surface area contributed by atoms with E-state index >= 15 is 0 Å². The molecule has 3 aromatic rings. The fourth-order valence-electron chi connectivity index (χ4n) is 2.78. The van der Waals surface area contributed by atoms with Crippen LogP contribution in [-0.4, -0.2) is 26.3 Å². The van der Waals surface area contributed by atoms with Gasteiger partial charge in [0.05, 0.1) is 18.6 Å². The zero-order chi connectivity index (χ0) is 21.2. The van der Waals surface area contributed by atoms with Crippen molar-refractivity contribution in [1.29, 1.82) is 0 Å². The number of thioether (sulfide) groups is 1. The van der Waals surface area contributed by atoms with E-state index in [1.54, 1.807) is 6.26 Å². The molecular weight excluding hydrogens is 382 g/mol. The Labute approximate surface area is 176 Å². The Balaban J connectivity index is 1.92. The van der Waals surface area contributed by atoms with Crippen LogP contribution in [0.15, 0.2) is 52.2 Å². The summed E-state index contributed by atoms with van der Waals surface area (Å²) in [5.74, 6) is 2.14. The lowest BCUT2D eigenvalue weighted by molar-refractivity contribution is -0.123. The molecule has 2 aromatic heterocycles. The van der Waals surface area contributed by atoms with Crippen LogP contribution >= 0.6 is 11.8 Å². The maximum absolute atomic E-state index is 12.4. The average Bonchev–Trinajstić information content (AvgIpc) is 3.29. The number of ketones is 1. The summed E-state index contributed by atoms with van der Waals surface area (Å²) in [6.45, 7) is 12.9. The van der Waals surface area contributed by atoms with Crippen LogP contribution in [0.25, 0.3) is 11.4 Å². The molecule has 154 valence electrons. The minimum Gasteiger partial charge on any atom is -0.467 e. The molecule has 0 aliphatic carbocycles. The highest BCUT2D eigenvalue weighted by Crippen LogP contribution is 2.29. The summed E-state index contributed by atoms with van der Waals surface area (Å²) in [5.41, 5.74) is 1.98. The number of nitrogens with zero attached hydrogens (tertiary/aromatic N) is 3. The first-order valence-corrected chi connectivity index (χ1v) is 10.8. The van der Waals surface area contributed by atoms with Gasteiger partial charge >= 0.3 is 0 Å². The Bertz CT molecular complexity index is 959. The molecule has 0 radical (unpaired) electrons. The topological polar surface area (TPSA) is 60.9 Å². The largest absolute Gasteiger partial charge is 0.467 e. The zero-order valence-electron chi connectivity index (χ0n) is 18.0. The molecule has 0 saturated carbocycles. The number of benzene rings is 1. The highest BCUT2D eigenvalue weighted by molar-refractivity contribution is 7.99. The molecule has 0 spiro atoms. The monoisotopic (exact) mass is 411 g/mol. The molecule has 2 heterocycles. The molecule has 0 saturated heterocycles. The van der Waals surface area contributed by atoms with Crippen molar-refractivity contribution in [3.8, 4) is 11.4 Å². The molecule has 0 amide bonds. The number of rotatable bonds is 6. The molecule has 0 N–H and O–H groups in total. The van der Waals surface area contributed by atoms with Crippen LogP contribution in [0.3, 0.4) is 0 Å². The van der Waals surface area contributed by atoms with Gasteiger partial charge in [-0.25, -0.2) is 0 Å². The average molecular weight is 412 g/mol. The molecule has 1 aromatic carbocycles. The Kier molecular flexibility index (Phi) is 6.03. The molecule has 0 aliphatic rings. The van der Waals surface area contributed by atoms with Crippen LogP contribution in [0.4, 0.5) is 0 Å². The molecule has 0 bridgehead atoms. The van der Waals surface area contributed by atoms with Crippen molar-refractivity contribution >= 4 is 17.5 Å². The van der Waals surface area contributed by atoms with Gasteiger partial charge in [0.1, 0.15) is 11.5 Å². The molecule has 3 rings (SSSR count). The van der Waals surface area contributed by atoms with Crippen LogP contribution in [0.1, 0.15) is 52.9 Å². The summed E-state index contributed by atoms with van der Waals surface area (Å²) in [7, 11) is 0. The summed E-state index contributed by atoms with van der Waals surface area (Å²) in [5, 5.41) is 9.53. The first-order chi connectivity index (χ1) is 13.6. The number of Topliss-reactive ketones (excluding diaryl/α,β-unsaturated/α-hetero) is 1. The van der Waals surface area contributed by atoms with E-state index in [4.69, 9.17) is 4.42 Å². The van der Waals surface area contributed by atoms with Gasteiger partial charge in [0, 0.05) is 11.0 Å². The van der Waals surface area contributed by atoms with Crippen LogP contribution in [0, 0.1) is 5.41 Å². The maximum Gasteiger partial charge on any atom is 0.192 e. The summed E-state index contributed by atoms with van der Waals surface area (Å²) in [4.78, 5) is 12.4. The van der Waals surface area contributed by atoms with Gasteiger partial charge in [-0.2, -0.15) is 0 Å². The molecule has 0 aliphatic heterocycles. The molecule has 0 atom stereocenters. The van der Waals surface area contributed by atoms with Crippen molar-refractivity contribution in [2.75, 3.05) is 5.75 Å². The van der Waals surface area contributed by atoms with E-state index in [2.05, 4.69) is 55.2 Å². The van der Waals surface area contributed by atoms with E-state index in [-0.39, 0.29) is 16.6 Å². The highest BCUT2D eigenvalue weighted by Gasteiger charge is 2.23. The predicted molar refractivity (Wildman–Crippen MR) is 117 cm³/mol. The van der Waals surface area contributed by atoms with Crippen LogP contribution in [0.2, 0.25) is 0 Å². The highest BCUT2D eigenvalue weighted by atomic mass is 32.2. The molecular formula is C23H29N3O2S. The van der Waals surface area contributed by atoms with Gasteiger partial charge in [-0.3, -0.25) is 9.36 Å². The first-order valence-electron chi connectivity index (χ1n) is 9.78. The van der Waals surface area contributed by atoms with Gasteiger partial charge < -0.3 is 4.42 Å². The van der Waals surface area contributed by atoms with E-state index in [1.165, 1.54) is 17.3 Å². The van der Waals surface area contributed by atoms with Crippen LogP contribution in [-0.2, 0) is 16.8 Å². The van der Waals surface area contributed by atoms with Crippen LogP contribution in [0.5, 0.6) is 0 Å². The van der Waals surface area contributed by atoms with Crippen molar-refractivity contribution in [2.45, 2.75) is 58.7 Å². The summed E-state index contributed by atoms with van der Waals surface area (Å²) < 4.78 is 7.56. The molecule has 29 heavy (non-hydrogen) atoms. The minimum atomic E-state index is -0.371. The fourth-order valence-corrected chi connectivity index (χ4v) is 3.87. The van der Waals surface area contributed by atoms with E-state index in [9.17, 15) is 4.79 Å². The second-order valence-electron chi connectivity index (χ2n) is 9.26. The lowest BCUT2D eigenvalue weighted by Gasteiger charge is -2.19. The van der Waals surface area contributed by atoms with E-state index in [0.29, 0.717) is 17.5 Å². The molecule has 6 heteroatoms. The van der Waals surface area contributed by atoms with E-state index < -0.39 is 0 Å². The quantitative estimate of drug-likeness (QED) is 0.495. The summed E-state index contributed by atoms with van der Waals surface area (Å²) >= 11 is 1.42. The second-order valence-corrected chi connectivity index (χ2v) is 10.2. The van der Waals surface area contributed by atoms with Crippen molar-refractivity contribution in [3.05, 3.63) is 54.0 Å². The third-order valence-electron chi connectivity index (χ3n) is 4.79. The maximum atomic E-state index is 12.4. The third-order valence-corrected chi connectivity index (χ3v) is 5.76. The Morgan fingerprint density at radius 3 is 2.28 bits per heavy atom. The fraction of sp³-hybridized carbons (Fsp3) is 0.435. The molecule has 0 fully saturated rings. The summed E-state index contributed by atoms with van der Waals surface area (Å²) in [6, 6.07) is 12.2. The first kappa shape index (κ1) is 21.4. The number of carbonyl (C=O) groups is 1. The van der Waals surface area contributed by atoms with Gasteiger partial charge in [0.25, 0.3) is 0 Å². The molecule has 5 nitrogen and oxygen atoms in total. The van der Waals surface area contributed by atoms with E-state index in [0.717, 1.165) is 17.1 Å². The predicted octanol–water partition coefficient (Wildman–Crippen LogP) is 5.59. The van der Waals surface area contributed by atoms with Crippen molar-refractivity contribution < 1.29 is 9.21 Å². The normalized spacial score (nSPS) is 12.3. The number of carbonyl (C=O) groups excluding carboxylic acids is 1. The smallest absolute Gasteiger partial charge is 0.192 e. The molecule has 0 unspecified atom stereocenters. The van der Waals surface area contributed by atoms with Gasteiger partial charge in [-0.05, 0) is 23.1 Å². The van der Waals surface area contributed by atoms with Gasteiger partial charge in [0.2, 0.25) is 0 Å². The Morgan fingerprint density at radius 1 is 1.03 bits per heavy atom. The minimum absolute atomic E-state index is 0.0920. The van der Waals surface area contributed by atoms with Crippen molar-refractivity contribution in [3.63, 3.8) is 0 Å².